The smallest absolute Gasteiger partial charge is 0.163 e. The van der Waals surface area contributed by atoms with Crippen LogP contribution in [0.5, 0.6) is 5.75 Å². The average molecular weight is 202 g/mol. The number of benzene rings is 1. The zero-order valence-electron chi connectivity index (χ0n) is 8.66. The van der Waals surface area contributed by atoms with Crippen LogP contribution in [0.2, 0.25) is 0 Å². The fourth-order valence-electron chi connectivity index (χ4n) is 2.06. The van der Waals surface area contributed by atoms with Crippen LogP contribution in [-0.2, 0) is 6.42 Å². The maximum atomic E-state index is 11.9. The molecule has 0 bridgehead atoms. The third kappa shape index (κ3) is 1.76. The minimum atomic E-state index is 0.298. The zero-order chi connectivity index (χ0) is 10.3. The minimum absolute atomic E-state index is 0.298. The van der Waals surface area contributed by atoms with Crippen LogP contribution in [0.25, 0.3) is 0 Å². The van der Waals surface area contributed by atoms with E-state index in [9.17, 15) is 4.79 Å². The normalized spacial score (nSPS) is 18.4. The largest absolute Gasteiger partial charge is 0.493 e. The predicted octanol–water partition coefficient (Wildman–Crippen LogP) is 2.60. The van der Waals surface area contributed by atoms with Gasteiger partial charge in [-0.1, -0.05) is 0 Å². The molecular formula is C13H14O2. The Morgan fingerprint density at radius 3 is 3.07 bits per heavy atom. The Balaban J connectivity index is 1.82. The van der Waals surface area contributed by atoms with E-state index in [2.05, 4.69) is 0 Å². The van der Waals surface area contributed by atoms with Crippen molar-refractivity contribution in [3.05, 3.63) is 29.3 Å². The molecule has 2 aliphatic rings. The van der Waals surface area contributed by atoms with Gasteiger partial charge in [-0.15, -0.1) is 0 Å². The molecule has 0 unspecified atom stereocenters. The second-order valence-electron chi connectivity index (χ2n) is 4.49. The van der Waals surface area contributed by atoms with Crippen molar-refractivity contribution in [3.8, 4) is 5.75 Å². The molecule has 1 heterocycles. The lowest BCUT2D eigenvalue weighted by Gasteiger charge is -2.02. The molecule has 0 radical (unpaired) electrons. The Labute approximate surface area is 89.2 Å². The molecule has 1 aliphatic heterocycles. The number of carbonyl (C=O) groups is 1. The number of Topliss-reactive ketones (excluding diaryl/α,β-unsaturated/α-hetero) is 1. The molecule has 78 valence electrons. The van der Waals surface area contributed by atoms with Crippen LogP contribution in [0.15, 0.2) is 18.2 Å². The maximum absolute atomic E-state index is 11.9. The molecule has 0 aromatic heterocycles. The van der Waals surface area contributed by atoms with E-state index in [4.69, 9.17) is 4.74 Å². The highest BCUT2D eigenvalue weighted by molar-refractivity contribution is 5.96. The van der Waals surface area contributed by atoms with Crippen molar-refractivity contribution in [3.63, 3.8) is 0 Å². The van der Waals surface area contributed by atoms with Gasteiger partial charge < -0.3 is 4.74 Å². The topological polar surface area (TPSA) is 26.3 Å². The molecule has 1 saturated carbocycles. The molecule has 1 aromatic carbocycles. The molecule has 15 heavy (non-hydrogen) atoms. The third-order valence-electron chi connectivity index (χ3n) is 3.18. The maximum Gasteiger partial charge on any atom is 0.163 e. The van der Waals surface area contributed by atoms with Crippen molar-refractivity contribution in [2.75, 3.05) is 6.61 Å². The monoisotopic (exact) mass is 202 g/mol. The van der Waals surface area contributed by atoms with E-state index in [1.165, 1.54) is 18.4 Å². The molecular weight excluding hydrogens is 188 g/mol. The molecule has 0 saturated heterocycles. The molecule has 1 aliphatic carbocycles. The molecule has 2 heteroatoms. The lowest BCUT2D eigenvalue weighted by molar-refractivity contribution is 0.0976. The van der Waals surface area contributed by atoms with Gasteiger partial charge in [0.25, 0.3) is 0 Å². The second-order valence-corrected chi connectivity index (χ2v) is 4.49. The van der Waals surface area contributed by atoms with Crippen molar-refractivity contribution < 1.29 is 9.53 Å². The summed E-state index contributed by atoms with van der Waals surface area (Å²) in [6.45, 7) is 0.760. The van der Waals surface area contributed by atoms with Gasteiger partial charge in [0, 0.05) is 18.4 Å². The summed E-state index contributed by atoms with van der Waals surface area (Å²) in [6, 6.07) is 5.84. The number of fused-ring (bicyclic) bond motifs is 1. The van der Waals surface area contributed by atoms with E-state index in [1.807, 2.05) is 18.2 Å². The number of ketones is 1. The van der Waals surface area contributed by atoms with Crippen LogP contribution in [-0.4, -0.2) is 12.4 Å². The second kappa shape index (κ2) is 3.37. The Kier molecular flexibility index (Phi) is 2.01. The Morgan fingerprint density at radius 1 is 1.40 bits per heavy atom. The van der Waals surface area contributed by atoms with Crippen LogP contribution in [0.1, 0.15) is 35.2 Å². The van der Waals surface area contributed by atoms with Crippen LogP contribution < -0.4 is 4.74 Å². The number of ether oxygens (including phenoxy) is 1. The third-order valence-corrected chi connectivity index (χ3v) is 3.18. The van der Waals surface area contributed by atoms with E-state index in [-0.39, 0.29) is 0 Å². The van der Waals surface area contributed by atoms with Gasteiger partial charge in [-0.25, -0.2) is 0 Å². The first-order valence-corrected chi connectivity index (χ1v) is 5.62. The number of rotatable bonds is 3. The average Bonchev–Trinajstić information content (AvgIpc) is 2.94. The van der Waals surface area contributed by atoms with Crippen LogP contribution in [0.3, 0.4) is 0 Å². The highest BCUT2D eigenvalue weighted by Gasteiger charge is 2.25. The van der Waals surface area contributed by atoms with Crippen molar-refractivity contribution in [2.24, 2.45) is 5.92 Å². The predicted molar refractivity (Wildman–Crippen MR) is 57.3 cm³/mol. The van der Waals surface area contributed by atoms with Gasteiger partial charge >= 0.3 is 0 Å². The fourth-order valence-corrected chi connectivity index (χ4v) is 2.06. The summed E-state index contributed by atoms with van der Waals surface area (Å²) in [5, 5.41) is 0. The molecule has 0 N–H and O–H groups in total. The first kappa shape index (κ1) is 8.96. The highest BCUT2D eigenvalue weighted by atomic mass is 16.5. The molecule has 0 spiro atoms. The Morgan fingerprint density at radius 2 is 2.27 bits per heavy atom. The number of hydrogen-bond donors (Lipinski definition) is 0. The lowest BCUT2D eigenvalue weighted by atomic mass is 10.0. The lowest BCUT2D eigenvalue weighted by Crippen LogP contribution is -2.00. The standard InChI is InChI=1S/C13H14O2/c14-12(7-9-1-2-9)10-3-4-13-11(8-10)5-6-15-13/h3-4,8-9H,1-2,5-7H2. The van der Waals surface area contributed by atoms with Crippen molar-refractivity contribution >= 4 is 5.78 Å². The van der Waals surface area contributed by atoms with Gasteiger partial charge in [-0.05, 0) is 42.5 Å². The minimum Gasteiger partial charge on any atom is -0.493 e. The van der Waals surface area contributed by atoms with E-state index < -0.39 is 0 Å². The van der Waals surface area contributed by atoms with E-state index >= 15 is 0 Å². The molecule has 0 amide bonds. The van der Waals surface area contributed by atoms with Crippen LogP contribution in [0.4, 0.5) is 0 Å². The highest BCUT2D eigenvalue weighted by Crippen LogP contribution is 2.34. The Bertz CT molecular complexity index is 405. The van der Waals surface area contributed by atoms with E-state index in [0.29, 0.717) is 11.7 Å². The fraction of sp³-hybridized carbons (Fsp3) is 0.462. The van der Waals surface area contributed by atoms with Gasteiger partial charge in [0.2, 0.25) is 0 Å². The van der Waals surface area contributed by atoms with E-state index in [0.717, 1.165) is 30.8 Å². The zero-order valence-corrected chi connectivity index (χ0v) is 8.66. The van der Waals surface area contributed by atoms with E-state index in [1.54, 1.807) is 0 Å². The SMILES string of the molecule is O=C(CC1CC1)c1ccc2c(c1)CCO2. The molecule has 0 atom stereocenters. The van der Waals surface area contributed by atoms with Gasteiger partial charge in [-0.2, -0.15) is 0 Å². The first-order valence-electron chi connectivity index (χ1n) is 5.62. The van der Waals surface area contributed by atoms with Gasteiger partial charge in [0.15, 0.2) is 5.78 Å². The van der Waals surface area contributed by atoms with Gasteiger partial charge in [-0.3, -0.25) is 4.79 Å². The summed E-state index contributed by atoms with van der Waals surface area (Å²) in [7, 11) is 0. The van der Waals surface area contributed by atoms with Gasteiger partial charge in [0.05, 0.1) is 6.61 Å². The molecule has 1 aromatic rings. The summed E-state index contributed by atoms with van der Waals surface area (Å²) in [4.78, 5) is 11.9. The molecule has 1 fully saturated rings. The van der Waals surface area contributed by atoms with Crippen molar-refractivity contribution in [1.82, 2.24) is 0 Å². The van der Waals surface area contributed by atoms with Crippen LogP contribution in [0, 0.1) is 5.92 Å². The summed E-state index contributed by atoms with van der Waals surface area (Å²) < 4.78 is 5.42. The number of carbonyl (C=O) groups excluding carboxylic acids is 1. The summed E-state index contributed by atoms with van der Waals surface area (Å²) >= 11 is 0. The van der Waals surface area contributed by atoms with Crippen LogP contribution >= 0.6 is 0 Å². The summed E-state index contributed by atoms with van der Waals surface area (Å²) in [5.41, 5.74) is 2.06. The molecule has 3 rings (SSSR count). The first-order chi connectivity index (χ1) is 7.33. The number of hydrogen-bond acceptors (Lipinski definition) is 2. The summed E-state index contributed by atoms with van der Waals surface area (Å²) in [5.74, 6) is 1.92. The van der Waals surface area contributed by atoms with Crippen molar-refractivity contribution in [2.45, 2.75) is 25.7 Å². The van der Waals surface area contributed by atoms with Gasteiger partial charge in [0.1, 0.15) is 5.75 Å². The molecule has 2 nitrogen and oxygen atoms in total. The quantitative estimate of drug-likeness (QED) is 0.704. The Hall–Kier alpha value is -1.31. The van der Waals surface area contributed by atoms with Crippen molar-refractivity contribution in [1.29, 1.82) is 0 Å². The summed E-state index contributed by atoms with van der Waals surface area (Å²) in [6.07, 6.45) is 4.15.